The molecule has 2 aliphatic rings. The quantitative estimate of drug-likeness (QED) is 0.751. The number of nitrogens with zero attached hydrogens (tertiary/aromatic N) is 3. The molecule has 1 atom stereocenters. The normalized spacial score (nSPS) is 24.7. The first-order chi connectivity index (χ1) is 10.1. The van der Waals surface area contributed by atoms with Crippen LogP contribution in [0, 0.1) is 0 Å². The van der Waals surface area contributed by atoms with E-state index in [0.29, 0.717) is 18.4 Å². The maximum Gasteiger partial charge on any atom is 0.223 e. The van der Waals surface area contributed by atoms with Gasteiger partial charge in [-0.1, -0.05) is 19.3 Å². The van der Waals surface area contributed by atoms with Crippen LogP contribution in [-0.2, 0) is 4.79 Å². The molecule has 4 heteroatoms. The fourth-order valence-corrected chi connectivity index (χ4v) is 3.72. The Labute approximate surface area is 130 Å². The molecule has 1 aliphatic heterocycles. The lowest BCUT2D eigenvalue weighted by Gasteiger charge is -2.33. The second-order valence-corrected chi connectivity index (χ2v) is 7.07. The Kier molecular flexibility index (Phi) is 6.49. The van der Waals surface area contributed by atoms with Crippen LogP contribution < -0.4 is 0 Å². The number of amides is 1. The first kappa shape index (κ1) is 16.8. The van der Waals surface area contributed by atoms with Crippen LogP contribution in [0.2, 0.25) is 0 Å². The van der Waals surface area contributed by atoms with Crippen LogP contribution in [0.5, 0.6) is 0 Å². The van der Waals surface area contributed by atoms with Gasteiger partial charge in [0.05, 0.1) is 0 Å². The zero-order chi connectivity index (χ0) is 15.2. The molecule has 1 amide bonds. The minimum atomic E-state index is 0.313. The van der Waals surface area contributed by atoms with Gasteiger partial charge >= 0.3 is 0 Å². The van der Waals surface area contributed by atoms with Crippen molar-refractivity contribution in [2.75, 3.05) is 40.8 Å². The van der Waals surface area contributed by atoms with Crippen LogP contribution in [0.15, 0.2) is 0 Å². The van der Waals surface area contributed by atoms with Crippen LogP contribution in [0.1, 0.15) is 51.4 Å². The maximum absolute atomic E-state index is 12.4. The van der Waals surface area contributed by atoms with Crippen molar-refractivity contribution in [2.24, 2.45) is 0 Å². The van der Waals surface area contributed by atoms with E-state index in [9.17, 15) is 4.79 Å². The van der Waals surface area contributed by atoms with Gasteiger partial charge in [0.25, 0.3) is 0 Å². The van der Waals surface area contributed by atoms with Gasteiger partial charge in [-0.15, -0.1) is 0 Å². The molecule has 1 saturated carbocycles. The molecule has 0 aromatic rings. The summed E-state index contributed by atoms with van der Waals surface area (Å²) >= 11 is 0. The Hall–Kier alpha value is -0.610. The smallest absolute Gasteiger partial charge is 0.223 e. The summed E-state index contributed by atoms with van der Waals surface area (Å²) < 4.78 is 0. The Morgan fingerprint density at radius 1 is 1.05 bits per heavy atom. The summed E-state index contributed by atoms with van der Waals surface area (Å²) in [6, 6.07) is 1.21. The first-order valence-corrected chi connectivity index (χ1v) is 8.72. The van der Waals surface area contributed by atoms with E-state index in [4.69, 9.17) is 0 Å². The largest absolute Gasteiger partial charge is 0.344 e. The minimum Gasteiger partial charge on any atom is -0.344 e. The van der Waals surface area contributed by atoms with Crippen molar-refractivity contribution in [3.05, 3.63) is 0 Å². The van der Waals surface area contributed by atoms with Crippen molar-refractivity contribution in [3.8, 4) is 0 Å². The number of likely N-dealkylation sites (tertiary alicyclic amines) is 1. The summed E-state index contributed by atoms with van der Waals surface area (Å²) in [5.74, 6) is 0.313. The molecule has 21 heavy (non-hydrogen) atoms. The topological polar surface area (TPSA) is 26.8 Å². The molecule has 0 aromatic carbocycles. The third-order valence-corrected chi connectivity index (χ3v) is 5.49. The van der Waals surface area contributed by atoms with Gasteiger partial charge in [-0.05, 0) is 46.3 Å². The number of hydrogen-bond donors (Lipinski definition) is 0. The third-order valence-electron chi connectivity index (χ3n) is 5.49. The van der Waals surface area contributed by atoms with Gasteiger partial charge in [-0.3, -0.25) is 4.79 Å². The van der Waals surface area contributed by atoms with Crippen molar-refractivity contribution in [1.82, 2.24) is 14.7 Å². The predicted molar refractivity (Wildman–Crippen MR) is 87.4 cm³/mol. The van der Waals surface area contributed by atoms with E-state index >= 15 is 0 Å². The number of likely N-dealkylation sites (N-methyl/N-ethyl adjacent to an activating group) is 2. The van der Waals surface area contributed by atoms with E-state index in [-0.39, 0.29) is 0 Å². The van der Waals surface area contributed by atoms with E-state index < -0.39 is 0 Å². The lowest BCUT2D eigenvalue weighted by atomic mass is 9.99. The second-order valence-electron chi connectivity index (χ2n) is 7.07. The molecular formula is C17H33N3O. The van der Waals surface area contributed by atoms with Crippen LogP contribution >= 0.6 is 0 Å². The monoisotopic (exact) mass is 295 g/mol. The SMILES string of the molecule is CN(CCN(C)C1CCCC1)C(=O)C[C@@H]1CCCCN1C. The number of hydrogen-bond acceptors (Lipinski definition) is 3. The average molecular weight is 295 g/mol. The van der Waals surface area contributed by atoms with Gasteiger partial charge in [0, 0.05) is 38.6 Å². The van der Waals surface area contributed by atoms with Crippen molar-refractivity contribution in [1.29, 1.82) is 0 Å². The Bertz CT molecular complexity index is 328. The molecule has 2 rings (SSSR count). The van der Waals surface area contributed by atoms with E-state index in [0.717, 1.165) is 25.7 Å². The minimum absolute atomic E-state index is 0.313. The molecule has 0 N–H and O–H groups in total. The van der Waals surface area contributed by atoms with Crippen molar-refractivity contribution >= 4 is 5.91 Å². The Morgan fingerprint density at radius 2 is 1.71 bits per heavy atom. The Balaban J connectivity index is 1.69. The van der Waals surface area contributed by atoms with Gasteiger partial charge in [-0.25, -0.2) is 0 Å². The van der Waals surface area contributed by atoms with Crippen LogP contribution in [0.4, 0.5) is 0 Å². The summed E-state index contributed by atoms with van der Waals surface area (Å²) in [4.78, 5) is 19.1. The molecule has 1 aliphatic carbocycles. The highest BCUT2D eigenvalue weighted by Crippen LogP contribution is 2.22. The van der Waals surface area contributed by atoms with E-state index in [2.05, 4.69) is 23.9 Å². The highest BCUT2D eigenvalue weighted by atomic mass is 16.2. The number of rotatable bonds is 6. The zero-order valence-electron chi connectivity index (χ0n) is 14.2. The summed E-state index contributed by atoms with van der Waals surface area (Å²) in [5, 5.41) is 0. The fraction of sp³-hybridized carbons (Fsp3) is 0.941. The predicted octanol–water partition coefficient (Wildman–Crippen LogP) is 2.19. The number of carbonyl (C=O) groups excluding carboxylic acids is 1. The van der Waals surface area contributed by atoms with Gasteiger partial charge in [-0.2, -0.15) is 0 Å². The summed E-state index contributed by atoms with van der Waals surface area (Å²) in [5.41, 5.74) is 0. The lowest BCUT2D eigenvalue weighted by Crippen LogP contribution is -2.43. The van der Waals surface area contributed by atoms with E-state index in [1.165, 1.54) is 44.9 Å². The van der Waals surface area contributed by atoms with E-state index in [1.807, 2.05) is 11.9 Å². The highest BCUT2D eigenvalue weighted by molar-refractivity contribution is 5.76. The van der Waals surface area contributed by atoms with Crippen molar-refractivity contribution in [3.63, 3.8) is 0 Å². The summed E-state index contributed by atoms with van der Waals surface area (Å²) in [6.45, 7) is 3.02. The highest BCUT2D eigenvalue weighted by Gasteiger charge is 2.24. The van der Waals surface area contributed by atoms with Crippen LogP contribution in [-0.4, -0.2) is 73.5 Å². The molecule has 0 spiro atoms. The maximum atomic E-state index is 12.4. The second kappa shape index (κ2) is 8.14. The molecule has 0 bridgehead atoms. The molecule has 0 unspecified atom stereocenters. The Morgan fingerprint density at radius 3 is 2.38 bits per heavy atom. The summed E-state index contributed by atoms with van der Waals surface area (Å²) in [7, 11) is 6.34. The standard InChI is InChI=1S/C17H33N3O/c1-18-11-7-6-10-16(18)14-17(21)20(3)13-12-19(2)15-8-4-5-9-15/h15-16H,4-14H2,1-3H3/t16-/m0/s1. The van der Waals surface area contributed by atoms with Gasteiger partial charge in [0.15, 0.2) is 0 Å². The zero-order valence-corrected chi connectivity index (χ0v) is 14.2. The fourth-order valence-electron chi connectivity index (χ4n) is 3.72. The molecule has 1 saturated heterocycles. The van der Waals surface area contributed by atoms with Gasteiger partial charge < -0.3 is 14.7 Å². The first-order valence-electron chi connectivity index (χ1n) is 8.72. The van der Waals surface area contributed by atoms with Gasteiger partial charge in [0.2, 0.25) is 5.91 Å². The van der Waals surface area contributed by atoms with Crippen molar-refractivity contribution in [2.45, 2.75) is 63.5 Å². The lowest BCUT2D eigenvalue weighted by molar-refractivity contribution is -0.131. The summed E-state index contributed by atoms with van der Waals surface area (Å²) in [6.07, 6.45) is 9.84. The van der Waals surface area contributed by atoms with E-state index in [1.54, 1.807) is 0 Å². The number of carbonyl (C=O) groups is 1. The van der Waals surface area contributed by atoms with Crippen molar-refractivity contribution < 1.29 is 4.79 Å². The number of piperidine rings is 1. The van der Waals surface area contributed by atoms with Crippen LogP contribution in [0.3, 0.4) is 0 Å². The molecule has 0 aromatic heterocycles. The molecule has 2 fully saturated rings. The molecule has 1 heterocycles. The molecule has 122 valence electrons. The molecule has 4 nitrogen and oxygen atoms in total. The molecular weight excluding hydrogens is 262 g/mol. The molecule has 0 radical (unpaired) electrons. The average Bonchev–Trinajstić information content (AvgIpc) is 3.01. The third kappa shape index (κ3) is 4.96. The van der Waals surface area contributed by atoms with Gasteiger partial charge in [0.1, 0.15) is 0 Å². The van der Waals surface area contributed by atoms with Crippen LogP contribution in [0.25, 0.3) is 0 Å².